The summed E-state index contributed by atoms with van der Waals surface area (Å²) in [5.74, 6) is -1.85. The Bertz CT molecular complexity index is 5480. The third-order valence-electron chi connectivity index (χ3n) is 24.3. The van der Waals surface area contributed by atoms with Crippen LogP contribution in [0.2, 0.25) is 0 Å². The Morgan fingerprint density at radius 2 is 1.19 bits per heavy atom. The summed E-state index contributed by atoms with van der Waals surface area (Å²) in [4.78, 5) is 111. The van der Waals surface area contributed by atoms with E-state index in [1.54, 1.807) is 47.0 Å². The number of ether oxygens (including phenoxy) is 2. The minimum atomic E-state index is -4.78. The van der Waals surface area contributed by atoms with Crippen molar-refractivity contribution >= 4 is 96.2 Å². The van der Waals surface area contributed by atoms with Crippen molar-refractivity contribution in [3.8, 4) is 11.5 Å². The molecule has 7 amide bonds. The number of aryl methyl sites for hydroxylation is 1. The number of hydrogen-bond donors (Lipinski definition) is 4. The molecule has 31 heteroatoms. The molecule has 6 fully saturated rings. The number of aromatic nitrogens is 9. The second kappa shape index (κ2) is 29.5. The number of anilines is 3. The molecule has 0 spiro atoms. The number of imide groups is 2. The molecule has 4 saturated heterocycles. The van der Waals surface area contributed by atoms with Gasteiger partial charge in [-0.2, -0.15) is 36.5 Å². The molecule has 2 saturated carbocycles. The molecular weight excluding hydrogens is 1450 g/mol. The fourth-order valence-corrected chi connectivity index (χ4v) is 18.8. The summed E-state index contributed by atoms with van der Waals surface area (Å²) in [5, 5.41) is 23.9. The Morgan fingerprint density at radius 3 is 1.77 bits per heavy atom. The van der Waals surface area contributed by atoms with Gasteiger partial charge in [-0.15, -0.1) is 0 Å². The number of alkyl halides is 6. The zero-order valence-electron chi connectivity index (χ0n) is 62.3. The molecule has 10 heterocycles. The smallest absolute Gasteiger partial charge is 0.433 e. The zero-order valence-corrected chi connectivity index (χ0v) is 62.3. The molecule has 4 aliphatic heterocycles. The van der Waals surface area contributed by atoms with Gasteiger partial charge in [0.15, 0.2) is 0 Å². The van der Waals surface area contributed by atoms with E-state index in [1.807, 2.05) is 52.2 Å². The number of nitrogens with one attached hydrogen (secondary N) is 4. The molecular formula is C81H84F6N16O9. The molecule has 6 aromatic heterocycles. The van der Waals surface area contributed by atoms with Crippen molar-refractivity contribution in [1.29, 1.82) is 0 Å². The highest BCUT2D eigenvalue weighted by Crippen LogP contribution is 2.53. The number of fused-ring (bicyclic) bond motifs is 4. The van der Waals surface area contributed by atoms with Gasteiger partial charge >= 0.3 is 24.1 Å². The number of benzene rings is 4. The van der Waals surface area contributed by atoms with Crippen molar-refractivity contribution in [2.24, 2.45) is 30.7 Å². The number of piperidine rings is 2. The van der Waals surface area contributed by atoms with Crippen molar-refractivity contribution in [2.45, 2.75) is 139 Å². The van der Waals surface area contributed by atoms with Crippen LogP contribution in [0.5, 0.6) is 11.5 Å². The SMILES string of the molecule is COc1cc2nn([C@@H]3CC[C@@H](CN4CC[C@H](c5cccc6c5n(C)c(=O)n6C5CCC(=O)NC5=O)CC4(C)C)C(C4C[C@@H](n5cc6cc(NC(=O)c7cccc(C(F)(F)F)n7)c(OC)cc6n5)CC[C@@H]4CN4CC[C@@H](c5cccc6c(N7CCC(=O)NC7=O)cncc56)C4)C3)cc2cc1NC(=O)c1cccc(C(F)(F)F)n1. The first-order valence-electron chi connectivity index (χ1n) is 38.0. The van der Waals surface area contributed by atoms with Gasteiger partial charge in [-0.3, -0.25) is 67.9 Å². The number of likely N-dealkylation sites (tertiary alicyclic amines) is 2. The van der Waals surface area contributed by atoms with Crippen LogP contribution in [0.1, 0.15) is 164 Å². The predicted molar refractivity (Wildman–Crippen MR) is 404 cm³/mol. The van der Waals surface area contributed by atoms with Crippen molar-refractivity contribution in [3.63, 3.8) is 0 Å². The van der Waals surface area contributed by atoms with Gasteiger partial charge < -0.3 is 25.0 Å². The number of methoxy groups -OCH3 is 2. The Balaban J connectivity index is 0.743. The third-order valence-corrected chi connectivity index (χ3v) is 24.3. The van der Waals surface area contributed by atoms with Gasteiger partial charge in [0.25, 0.3) is 11.8 Å². The molecule has 4 N–H and O–H groups in total. The van der Waals surface area contributed by atoms with Gasteiger partial charge in [-0.25, -0.2) is 19.6 Å². The van der Waals surface area contributed by atoms with E-state index in [4.69, 9.17) is 19.7 Å². The van der Waals surface area contributed by atoms with E-state index >= 15 is 0 Å². The summed E-state index contributed by atoms with van der Waals surface area (Å²) < 4.78 is 102. The van der Waals surface area contributed by atoms with E-state index in [-0.39, 0.29) is 119 Å². The topological polar surface area (TPSA) is 280 Å². The number of imidazole rings is 1. The van der Waals surface area contributed by atoms with Crippen LogP contribution in [-0.2, 0) is 33.8 Å². The van der Waals surface area contributed by atoms with Crippen LogP contribution in [0.3, 0.4) is 0 Å². The molecule has 6 aliphatic rings. The van der Waals surface area contributed by atoms with Crippen LogP contribution >= 0.6 is 0 Å². The van der Waals surface area contributed by atoms with Crippen LogP contribution in [0.15, 0.2) is 127 Å². The summed E-state index contributed by atoms with van der Waals surface area (Å²) in [6, 6.07) is 23.6. The lowest BCUT2D eigenvalue weighted by molar-refractivity contribution is -0.142. The van der Waals surface area contributed by atoms with E-state index in [2.05, 4.69) is 72.0 Å². The number of para-hydroxylation sites is 1. The summed E-state index contributed by atoms with van der Waals surface area (Å²) in [7, 11) is 4.61. The Morgan fingerprint density at radius 1 is 0.616 bits per heavy atom. The maximum atomic E-state index is 14.2. The van der Waals surface area contributed by atoms with E-state index in [9.17, 15) is 59.9 Å². The molecule has 16 rings (SSSR count). The molecule has 10 aromatic rings. The predicted octanol–water partition coefficient (Wildman–Crippen LogP) is 13.1. The average Bonchev–Trinajstić information content (AvgIpc) is 1.56. The molecule has 0 radical (unpaired) electrons. The number of carbonyl (C=O) groups excluding carboxylic acids is 6. The second-order valence-electron chi connectivity index (χ2n) is 31.4. The number of amides is 7. The highest BCUT2D eigenvalue weighted by atomic mass is 19.4. The first-order chi connectivity index (χ1) is 53.6. The monoisotopic (exact) mass is 1540 g/mol. The van der Waals surface area contributed by atoms with Crippen LogP contribution < -0.4 is 41.3 Å². The van der Waals surface area contributed by atoms with Crippen molar-refractivity contribution in [3.05, 3.63) is 166 Å². The molecule has 3 unspecified atom stereocenters. The van der Waals surface area contributed by atoms with Crippen molar-refractivity contribution in [1.82, 2.24) is 64.1 Å². The fourth-order valence-electron chi connectivity index (χ4n) is 18.8. The number of rotatable bonds is 17. The highest BCUT2D eigenvalue weighted by Gasteiger charge is 2.48. The van der Waals surface area contributed by atoms with Gasteiger partial charge in [-0.05, 0) is 180 Å². The average molecular weight is 1540 g/mol. The van der Waals surface area contributed by atoms with E-state index in [0.717, 1.165) is 129 Å². The van der Waals surface area contributed by atoms with Gasteiger partial charge in [-0.1, -0.05) is 42.5 Å². The number of urea groups is 1. The van der Waals surface area contributed by atoms with E-state index < -0.39 is 64.9 Å². The van der Waals surface area contributed by atoms with Gasteiger partial charge in [0.05, 0.1) is 71.6 Å². The maximum Gasteiger partial charge on any atom is 0.433 e. The van der Waals surface area contributed by atoms with Crippen LogP contribution in [0.4, 0.5) is 48.2 Å². The van der Waals surface area contributed by atoms with Gasteiger partial charge in [0.1, 0.15) is 40.3 Å². The Hall–Kier alpha value is -11.1. The number of carbonyl (C=O) groups is 6. The number of nitrogens with zero attached hydrogens (tertiary/aromatic N) is 12. The minimum Gasteiger partial charge on any atom is -0.494 e. The lowest BCUT2D eigenvalue weighted by atomic mass is 9.61. The number of pyridine rings is 3. The van der Waals surface area contributed by atoms with Gasteiger partial charge in [0.2, 0.25) is 17.7 Å². The molecule has 9 atom stereocenters. The third kappa shape index (κ3) is 14.5. The quantitative estimate of drug-likeness (QED) is 0.0487. The minimum absolute atomic E-state index is 0.0377. The molecule has 4 aromatic carbocycles. The molecule has 112 heavy (non-hydrogen) atoms. The number of hydrogen-bond acceptors (Lipinski definition) is 16. The van der Waals surface area contributed by atoms with E-state index in [0.29, 0.717) is 45.9 Å². The largest absolute Gasteiger partial charge is 0.494 e. The molecule has 25 nitrogen and oxygen atoms in total. The Labute approximate surface area is 638 Å². The maximum absolute atomic E-state index is 14.2. The molecule has 0 bridgehead atoms. The Kier molecular flexibility index (Phi) is 19.8. The van der Waals surface area contributed by atoms with Crippen LogP contribution in [-0.4, -0.2) is 148 Å². The standard InChI is InChI=1S/C81H84F6N16O9/c1-79(2)36-44(53-11-7-15-64-73(53)97(3)78(110)103(64)65-22-23-71(104)93-76(65)108)25-28-99(79)41-46-19-21-51(102-43-49-31-63(68(112-5)35-61(49)96-102)92-75(107)59-14-9-17-70(90-59)81(85,86)87)33-56(46)55-32-50(101-42-48-30-62(67(111-4)34-60(48)95-101)91-74(106)58-13-8-16-69(89-58)80(82,83)84)20-18-45(55)39-98-27-24-47(40-98)52-10-6-12-54-57(52)37-88-38-66(54)100-29-26-72(105)94-77(100)109/h6-17,30-31,34-35,37-38,42-47,50-51,55-56,65H,18-29,32-33,36,39-41H2,1-5H3,(H,91,106)(H,92,107)(H,93,104,108)(H,94,105,109)/t44-,45+,46-,47+,50-,51+,55?,56?,65?/m0/s1. The number of halogens is 6. The van der Waals surface area contributed by atoms with E-state index in [1.165, 1.54) is 30.9 Å². The molecule has 584 valence electrons. The first-order valence-corrected chi connectivity index (χ1v) is 38.0. The lowest BCUT2D eigenvalue weighted by Crippen LogP contribution is -2.53. The summed E-state index contributed by atoms with van der Waals surface area (Å²) in [5.41, 5.74) is 1.77. The molecule has 2 aliphatic carbocycles. The second-order valence-corrected chi connectivity index (χ2v) is 31.4. The van der Waals surface area contributed by atoms with Crippen LogP contribution in [0, 0.1) is 23.7 Å². The lowest BCUT2D eigenvalue weighted by Gasteiger charge is -2.52. The fraction of sp³-hybridized carbons (Fsp3) is 0.432. The van der Waals surface area contributed by atoms with Gasteiger partial charge in [0, 0.05) is 104 Å². The van der Waals surface area contributed by atoms with Crippen LogP contribution in [0.25, 0.3) is 43.6 Å². The van der Waals surface area contributed by atoms with Crippen molar-refractivity contribution < 1.29 is 64.6 Å². The van der Waals surface area contributed by atoms with Crippen molar-refractivity contribution in [2.75, 3.05) is 69.0 Å². The summed E-state index contributed by atoms with van der Waals surface area (Å²) >= 11 is 0. The first kappa shape index (κ1) is 75.0. The summed E-state index contributed by atoms with van der Waals surface area (Å²) in [6.07, 6.45) is 5.36. The zero-order chi connectivity index (χ0) is 78.4. The summed E-state index contributed by atoms with van der Waals surface area (Å²) in [6.45, 7) is 8.68. The normalized spacial score (nSPS) is 23.6. The highest BCUT2D eigenvalue weighted by molar-refractivity contribution is 6.10.